The maximum Gasteiger partial charge on any atom is 2.00 e. The Kier molecular flexibility index (Phi) is 4.05. The van der Waals surface area contributed by atoms with Gasteiger partial charge in [0.05, 0.1) is 6.17 Å². The van der Waals surface area contributed by atoms with Gasteiger partial charge in [0.25, 0.3) is 0 Å². The van der Waals surface area contributed by atoms with Crippen LogP contribution in [-0.4, -0.2) is 12.1 Å². The van der Waals surface area contributed by atoms with E-state index < -0.39 is 29.3 Å². The second kappa shape index (κ2) is 5.75. The molecule has 2 unspecified atom stereocenters. The molecule has 2 aromatic rings. The van der Waals surface area contributed by atoms with Crippen LogP contribution in [0.4, 0.5) is 8.78 Å². The molecule has 1 saturated carbocycles. The Morgan fingerprint density at radius 2 is 1.26 bits per heavy atom. The van der Waals surface area contributed by atoms with E-state index in [4.69, 9.17) is 0 Å². The predicted octanol–water partition coefficient (Wildman–Crippen LogP) is 0.835. The van der Waals surface area contributed by atoms with Crippen LogP contribution in [-0.2, 0) is 16.8 Å². The maximum atomic E-state index is 13.3. The molecule has 0 spiro atoms. The summed E-state index contributed by atoms with van der Waals surface area (Å²) in [4.78, 5) is 0. The SMILES string of the molecule is [Co+2].[O-]c1c(F)cccc1C1NC2C(N1)C2c1cccc(F)c1[O-]. The van der Waals surface area contributed by atoms with Gasteiger partial charge in [0.2, 0.25) is 0 Å². The van der Waals surface area contributed by atoms with Crippen LogP contribution in [0, 0.1) is 11.6 Å². The molecule has 121 valence electrons. The zero-order valence-electron chi connectivity index (χ0n) is 11.7. The first-order valence-corrected chi connectivity index (χ1v) is 7.01. The topological polar surface area (TPSA) is 70.2 Å². The molecule has 0 bridgehead atoms. The van der Waals surface area contributed by atoms with Crippen molar-refractivity contribution in [1.29, 1.82) is 0 Å². The molecule has 4 nitrogen and oxygen atoms in total. The van der Waals surface area contributed by atoms with Crippen LogP contribution in [0.5, 0.6) is 11.5 Å². The van der Waals surface area contributed by atoms with Gasteiger partial charge in [-0.05, 0) is 23.3 Å². The van der Waals surface area contributed by atoms with E-state index in [-0.39, 0.29) is 34.8 Å². The zero-order valence-corrected chi connectivity index (χ0v) is 12.7. The number of benzene rings is 2. The van der Waals surface area contributed by atoms with E-state index in [2.05, 4.69) is 10.6 Å². The fourth-order valence-corrected chi connectivity index (χ4v) is 3.27. The van der Waals surface area contributed by atoms with Gasteiger partial charge in [0.15, 0.2) is 0 Å². The molecular formula is C16H12CoF2N2O2. The van der Waals surface area contributed by atoms with Crippen LogP contribution < -0.4 is 20.8 Å². The molecule has 1 aliphatic heterocycles. The third-order valence-electron chi connectivity index (χ3n) is 4.40. The quantitative estimate of drug-likeness (QED) is 0.832. The number of nitrogens with one attached hydrogen (secondary N) is 2. The summed E-state index contributed by atoms with van der Waals surface area (Å²) >= 11 is 0. The second-order valence-electron chi connectivity index (χ2n) is 5.66. The number of para-hydroxylation sites is 2. The summed E-state index contributed by atoms with van der Waals surface area (Å²) < 4.78 is 26.7. The Balaban J connectivity index is 0.00000156. The monoisotopic (exact) mass is 361 g/mol. The normalized spacial score (nSPS) is 28.1. The molecule has 2 aliphatic rings. The fraction of sp³-hybridized carbons (Fsp3) is 0.250. The van der Waals surface area contributed by atoms with Crippen LogP contribution in [0.15, 0.2) is 36.4 Å². The largest absolute Gasteiger partial charge is 2.00 e. The van der Waals surface area contributed by atoms with Crippen LogP contribution >= 0.6 is 0 Å². The molecule has 4 rings (SSSR count). The summed E-state index contributed by atoms with van der Waals surface area (Å²) in [6.45, 7) is 0. The van der Waals surface area contributed by atoms with Crippen LogP contribution in [0.3, 0.4) is 0 Å². The first-order chi connectivity index (χ1) is 10.6. The van der Waals surface area contributed by atoms with Crippen molar-refractivity contribution in [2.45, 2.75) is 24.2 Å². The minimum atomic E-state index is -0.787. The van der Waals surface area contributed by atoms with Crippen molar-refractivity contribution in [3.8, 4) is 11.5 Å². The molecule has 7 heteroatoms. The molecule has 0 aromatic heterocycles. The van der Waals surface area contributed by atoms with E-state index in [9.17, 15) is 19.0 Å². The van der Waals surface area contributed by atoms with Crippen molar-refractivity contribution in [3.63, 3.8) is 0 Å². The Bertz CT molecular complexity index is 697. The minimum Gasteiger partial charge on any atom is -0.870 e. The van der Waals surface area contributed by atoms with Crippen molar-refractivity contribution in [2.75, 3.05) is 0 Å². The zero-order chi connectivity index (χ0) is 15.4. The molecule has 1 aliphatic carbocycles. The summed E-state index contributed by atoms with van der Waals surface area (Å²) in [6.07, 6.45) is -0.446. The van der Waals surface area contributed by atoms with Gasteiger partial charge in [-0.25, -0.2) is 8.78 Å². The van der Waals surface area contributed by atoms with Gasteiger partial charge in [-0.2, -0.15) is 0 Å². The third-order valence-corrected chi connectivity index (χ3v) is 4.40. The molecule has 23 heavy (non-hydrogen) atoms. The second-order valence-corrected chi connectivity index (χ2v) is 5.66. The smallest absolute Gasteiger partial charge is 0.870 e. The van der Waals surface area contributed by atoms with E-state index in [0.29, 0.717) is 11.1 Å². The van der Waals surface area contributed by atoms with Crippen LogP contribution in [0.1, 0.15) is 23.2 Å². The van der Waals surface area contributed by atoms with Crippen LogP contribution in [0.25, 0.3) is 0 Å². The first-order valence-electron chi connectivity index (χ1n) is 7.01. The molecule has 2 atom stereocenters. The van der Waals surface area contributed by atoms with Gasteiger partial charge in [-0.3, -0.25) is 10.6 Å². The molecule has 1 heterocycles. The van der Waals surface area contributed by atoms with Crippen molar-refractivity contribution in [3.05, 3.63) is 59.2 Å². The van der Waals surface area contributed by atoms with E-state index in [1.54, 1.807) is 12.1 Å². The van der Waals surface area contributed by atoms with Crippen molar-refractivity contribution < 1.29 is 35.8 Å². The Labute approximate surface area is 141 Å². The molecule has 2 aromatic carbocycles. The molecule has 1 saturated heterocycles. The van der Waals surface area contributed by atoms with Gasteiger partial charge in [-0.1, -0.05) is 35.8 Å². The molecule has 2 fully saturated rings. The van der Waals surface area contributed by atoms with Crippen molar-refractivity contribution in [2.24, 2.45) is 0 Å². The Hall–Kier alpha value is -1.67. The number of hydrogen-bond donors (Lipinski definition) is 2. The van der Waals surface area contributed by atoms with Crippen molar-refractivity contribution in [1.82, 2.24) is 10.6 Å². The Morgan fingerprint density at radius 3 is 1.83 bits per heavy atom. The standard InChI is InChI=1S/C16H14F2N2O2.Co/c17-9-5-1-3-7(14(9)21)11-12-13(11)20-16(19-12)8-4-2-6-10(18)15(8)22;/h1-6,11-13,16,19-22H;/q;+2/p-2. The average molecular weight is 361 g/mol. The number of halogens is 2. The van der Waals surface area contributed by atoms with E-state index >= 15 is 0 Å². The average Bonchev–Trinajstić information content (AvgIpc) is 2.98. The first kappa shape index (κ1) is 16.2. The van der Waals surface area contributed by atoms with E-state index in [1.165, 1.54) is 12.1 Å². The van der Waals surface area contributed by atoms with E-state index in [0.717, 1.165) is 12.1 Å². The number of rotatable bonds is 2. The number of hydrogen-bond acceptors (Lipinski definition) is 4. The summed E-state index contributed by atoms with van der Waals surface area (Å²) in [6, 6.07) is 8.35. The summed E-state index contributed by atoms with van der Waals surface area (Å²) in [7, 11) is 0. The summed E-state index contributed by atoms with van der Waals surface area (Å²) in [5, 5.41) is 29.9. The van der Waals surface area contributed by atoms with Crippen molar-refractivity contribution >= 4 is 0 Å². The summed E-state index contributed by atoms with van der Waals surface area (Å²) in [5.41, 5.74) is 0.738. The molecule has 0 amide bonds. The summed E-state index contributed by atoms with van der Waals surface area (Å²) in [5.74, 6) is -2.89. The molecular weight excluding hydrogens is 349 g/mol. The molecule has 2 N–H and O–H groups in total. The fourth-order valence-electron chi connectivity index (χ4n) is 3.27. The maximum absolute atomic E-state index is 13.3. The minimum absolute atomic E-state index is 0. The van der Waals surface area contributed by atoms with Gasteiger partial charge in [0, 0.05) is 18.0 Å². The predicted molar refractivity (Wildman–Crippen MR) is 71.0 cm³/mol. The van der Waals surface area contributed by atoms with Crippen LogP contribution in [0.2, 0.25) is 0 Å². The number of fused-ring (bicyclic) bond motifs is 1. The van der Waals surface area contributed by atoms with Gasteiger partial charge >= 0.3 is 16.8 Å². The van der Waals surface area contributed by atoms with Gasteiger partial charge in [-0.15, -0.1) is 0 Å². The van der Waals surface area contributed by atoms with Gasteiger partial charge in [0.1, 0.15) is 11.6 Å². The molecule has 1 radical (unpaired) electrons. The van der Waals surface area contributed by atoms with Gasteiger partial charge < -0.3 is 10.2 Å². The van der Waals surface area contributed by atoms with E-state index in [1.807, 2.05) is 0 Å². The Morgan fingerprint density at radius 1 is 0.783 bits per heavy atom. The third kappa shape index (κ3) is 2.49.